The molecule has 1 amide bonds. The number of hydrogen-bond acceptors (Lipinski definition) is 8. The molecule has 0 radical (unpaired) electrons. The summed E-state index contributed by atoms with van der Waals surface area (Å²) in [5.74, 6) is -2.68. The number of benzene rings is 2. The quantitative estimate of drug-likeness (QED) is 0.371. The summed E-state index contributed by atoms with van der Waals surface area (Å²) in [5, 5.41) is 16.2. The van der Waals surface area contributed by atoms with E-state index in [0.717, 1.165) is 31.6 Å². The van der Waals surface area contributed by atoms with Crippen molar-refractivity contribution in [2.24, 2.45) is 12.8 Å². The third-order valence-electron chi connectivity index (χ3n) is 5.54. The van der Waals surface area contributed by atoms with Crippen molar-refractivity contribution in [3.63, 3.8) is 0 Å². The van der Waals surface area contributed by atoms with Crippen LogP contribution in [0.1, 0.15) is 10.5 Å². The Kier molecular flexibility index (Phi) is 7.11. The number of alkyl halides is 3. The number of nitrogens with zero attached hydrogens (tertiary/aromatic N) is 5. The van der Waals surface area contributed by atoms with E-state index in [1.54, 1.807) is 17.9 Å². The monoisotopic (exact) mass is 517 g/mol. The van der Waals surface area contributed by atoms with Crippen LogP contribution in [-0.2, 0) is 11.8 Å². The van der Waals surface area contributed by atoms with Gasteiger partial charge in [0.15, 0.2) is 5.69 Å². The Morgan fingerprint density at radius 2 is 1.76 bits per heavy atom. The van der Waals surface area contributed by atoms with Crippen LogP contribution in [-0.4, -0.2) is 69.1 Å². The Morgan fingerprint density at radius 3 is 2.35 bits per heavy atom. The third-order valence-corrected chi connectivity index (χ3v) is 5.54. The number of carboxylic acids is 1. The maximum Gasteiger partial charge on any atom is 0.490 e. The zero-order valence-electron chi connectivity index (χ0n) is 19.5. The lowest BCUT2D eigenvalue weighted by molar-refractivity contribution is -0.192. The topological polar surface area (TPSA) is 148 Å². The highest BCUT2D eigenvalue weighted by atomic mass is 19.4. The number of aromatic nitrogens is 4. The van der Waals surface area contributed by atoms with E-state index in [2.05, 4.69) is 25.3 Å². The Hall–Kier alpha value is -4.46. The number of aliphatic carboxylic acids is 1. The second kappa shape index (κ2) is 10.3. The van der Waals surface area contributed by atoms with Crippen LogP contribution in [0.4, 0.5) is 18.9 Å². The molecule has 1 saturated heterocycles. The van der Waals surface area contributed by atoms with Gasteiger partial charge in [-0.05, 0) is 30.3 Å². The Morgan fingerprint density at radius 1 is 1.11 bits per heavy atom. The fourth-order valence-electron chi connectivity index (χ4n) is 3.82. The molecular formula is C23H22F3N7O4. The number of hydrogen-bond donors (Lipinski definition) is 3. The van der Waals surface area contributed by atoms with Gasteiger partial charge in [0.2, 0.25) is 0 Å². The highest BCUT2D eigenvalue weighted by Gasteiger charge is 2.38. The minimum Gasteiger partial charge on any atom is -0.475 e. The van der Waals surface area contributed by atoms with E-state index in [4.69, 9.17) is 20.4 Å². The van der Waals surface area contributed by atoms with Crippen LogP contribution in [0, 0.1) is 0 Å². The minimum absolute atomic E-state index is 0.221. The predicted molar refractivity (Wildman–Crippen MR) is 128 cm³/mol. The summed E-state index contributed by atoms with van der Waals surface area (Å²) in [6, 6.07) is 11.8. The summed E-state index contributed by atoms with van der Waals surface area (Å²) in [4.78, 5) is 31.8. The lowest BCUT2D eigenvalue weighted by Gasteiger charge is -2.29. The molecule has 194 valence electrons. The number of rotatable bonds is 4. The van der Waals surface area contributed by atoms with E-state index in [1.807, 2.05) is 36.4 Å². The molecule has 0 saturated carbocycles. The standard InChI is InChI=1S/C21H21N7O2.C2HF3O2/c1-27-19-16(18(26-27)20(22)29)7-2-13-12-24-21(25-17(13)19)30-15-5-3-14(4-6-15)28-10-8-23-9-11-28;3-2(4,5)1(6)7/h2-7,12,23H,8-11H2,1H3,(H2,22,29);(H,6,7). The number of carbonyl (C=O) groups is 2. The minimum atomic E-state index is -5.08. The second-order valence-electron chi connectivity index (χ2n) is 8.02. The van der Waals surface area contributed by atoms with Crippen molar-refractivity contribution in [3.8, 4) is 11.8 Å². The molecule has 11 nitrogen and oxygen atoms in total. The molecule has 37 heavy (non-hydrogen) atoms. The van der Waals surface area contributed by atoms with Gasteiger partial charge in [-0.15, -0.1) is 0 Å². The maximum atomic E-state index is 11.7. The summed E-state index contributed by atoms with van der Waals surface area (Å²) >= 11 is 0. The summed E-state index contributed by atoms with van der Waals surface area (Å²) in [7, 11) is 1.76. The van der Waals surface area contributed by atoms with Crippen molar-refractivity contribution in [1.29, 1.82) is 0 Å². The van der Waals surface area contributed by atoms with Crippen LogP contribution in [0.15, 0.2) is 42.6 Å². The molecule has 2 aromatic heterocycles. The van der Waals surface area contributed by atoms with Crippen LogP contribution in [0.5, 0.6) is 11.8 Å². The Labute approximate surface area is 207 Å². The van der Waals surface area contributed by atoms with Crippen LogP contribution < -0.4 is 20.7 Å². The van der Waals surface area contributed by atoms with Crippen LogP contribution in [0.2, 0.25) is 0 Å². The van der Waals surface area contributed by atoms with Crippen molar-refractivity contribution in [1.82, 2.24) is 25.1 Å². The number of carboxylic acid groups (broad SMARTS) is 1. The molecule has 5 rings (SSSR count). The first-order chi connectivity index (χ1) is 17.5. The number of nitrogens with one attached hydrogen (secondary N) is 1. The van der Waals surface area contributed by atoms with Crippen molar-refractivity contribution in [2.45, 2.75) is 6.18 Å². The van der Waals surface area contributed by atoms with Gasteiger partial charge < -0.3 is 25.8 Å². The van der Waals surface area contributed by atoms with Gasteiger partial charge in [-0.3, -0.25) is 9.48 Å². The number of ether oxygens (including phenoxy) is 1. The normalized spacial score (nSPS) is 13.8. The number of carbonyl (C=O) groups excluding carboxylic acids is 1. The van der Waals surface area contributed by atoms with E-state index in [9.17, 15) is 18.0 Å². The van der Waals surface area contributed by atoms with Gasteiger partial charge in [0.1, 0.15) is 11.3 Å². The Balaban J connectivity index is 0.000000405. The average Bonchev–Trinajstić information content (AvgIpc) is 3.22. The zero-order chi connectivity index (χ0) is 26.7. The highest BCUT2D eigenvalue weighted by Crippen LogP contribution is 2.28. The molecule has 0 aliphatic carbocycles. The van der Waals surface area contributed by atoms with E-state index in [0.29, 0.717) is 22.2 Å². The molecule has 0 atom stereocenters. The van der Waals surface area contributed by atoms with E-state index in [-0.39, 0.29) is 11.7 Å². The van der Waals surface area contributed by atoms with Crippen LogP contribution in [0.25, 0.3) is 21.8 Å². The molecule has 1 fully saturated rings. The van der Waals surface area contributed by atoms with Crippen LogP contribution in [0.3, 0.4) is 0 Å². The first-order valence-electron chi connectivity index (χ1n) is 11.0. The second-order valence-corrected chi connectivity index (χ2v) is 8.02. The lowest BCUT2D eigenvalue weighted by Crippen LogP contribution is -2.43. The predicted octanol–water partition coefficient (Wildman–Crippen LogP) is 2.45. The van der Waals surface area contributed by atoms with Gasteiger partial charge in [-0.2, -0.15) is 23.3 Å². The van der Waals surface area contributed by atoms with Gasteiger partial charge in [-0.25, -0.2) is 9.78 Å². The number of piperazine rings is 1. The highest BCUT2D eigenvalue weighted by molar-refractivity contribution is 6.11. The third kappa shape index (κ3) is 5.69. The molecule has 0 bridgehead atoms. The number of primary amides is 1. The first kappa shape index (κ1) is 25.6. The molecule has 3 heterocycles. The SMILES string of the molecule is Cn1nc(C(N)=O)c2ccc3cnc(Oc4ccc(N5CCNCC5)cc4)nc3c21.O=C(O)C(F)(F)F. The number of amides is 1. The van der Waals surface area contributed by atoms with Crippen molar-refractivity contribution < 1.29 is 32.6 Å². The van der Waals surface area contributed by atoms with Gasteiger partial charge in [0, 0.05) is 55.9 Å². The summed E-state index contributed by atoms with van der Waals surface area (Å²) in [6.07, 6.45) is -3.39. The number of halogens is 3. The van der Waals surface area contributed by atoms with Crippen LogP contribution >= 0.6 is 0 Å². The molecule has 4 aromatic rings. The van der Waals surface area contributed by atoms with Gasteiger partial charge >= 0.3 is 18.2 Å². The van der Waals surface area contributed by atoms with E-state index in [1.165, 1.54) is 5.69 Å². The summed E-state index contributed by atoms with van der Waals surface area (Å²) in [6.45, 7) is 3.95. The van der Waals surface area contributed by atoms with E-state index >= 15 is 0 Å². The van der Waals surface area contributed by atoms with E-state index < -0.39 is 18.1 Å². The van der Waals surface area contributed by atoms with Crippen molar-refractivity contribution >= 4 is 39.4 Å². The number of anilines is 1. The summed E-state index contributed by atoms with van der Waals surface area (Å²) < 4.78 is 39.2. The fraction of sp³-hybridized carbons (Fsp3) is 0.261. The number of fused-ring (bicyclic) bond motifs is 3. The average molecular weight is 517 g/mol. The lowest BCUT2D eigenvalue weighted by atomic mass is 10.1. The molecule has 14 heteroatoms. The number of nitrogens with two attached hydrogens (primary N) is 1. The molecule has 4 N–H and O–H groups in total. The smallest absolute Gasteiger partial charge is 0.475 e. The Bertz CT molecular complexity index is 1450. The first-order valence-corrected chi connectivity index (χ1v) is 11.0. The van der Waals surface area contributed by atoms with Gasteiger partial charge in [-0.1, -0.05) is 6.07 Å². The van der Waals surface area contributed by atoms with Crippen molar-refractivity contribution in [2.75, 3.05) is 31.1 Å². The molecule has 2 aromatic carbocycles. The molecule has 1 aliphatic heterocycles. The molecular weight excluding hydrogens is 495 g/mol. The fourth-order valence-corrected chi connectivity index (χ4v) is 3.82. The number of aryl methyl sites for hydroxylation is 1. The molecule has 0 spiro atoms. The largest absolute Gasteiger partial charge is 0.490 e. The zero-order valence-corrected chi connectivity index (χ0v) is 19.5. The summed E-state index contributed by atoms with van der Waals surface area (Å²) in [5.41, 5.74) is 8.20. The van der Waals surface area contributed by atoms with Gasteiger partial charge in [0.25, 0.3) is 5.91 Å². The van der Waals surface area contributed by atoms with Crippen molar-refractivity contribution in [3.05, 3.63) is 48.3 Å². The maximum absolute atomic E-state index is 11.7. The molecule has 1 aliphatic rings. The molecule has 0 unspecified atom stereocenters. The van der Waals surface area contributed by atoms with Gasteiger partial charge in [0.05, 0.1) is 5.52 Å².